The second-order valence-corrected chi connectivity index (χ2v) is 4.25. The fourth-order valence-corrected chi connectivity index (χ4v) is 0.794. The molecule has 1 aliphatic carbocycles. The summed E-state index contributed by atoms with van der Waals surface area (Å²) in [5.41, 5.74) is -0.920. The van der Waals surface area contributed by atoms with Gasteiger partial charge in [-0.1, -0.05) is 0 Å². The van der Waals surface area contributed by atoms with E-state index in [2.05, 4.69) is 5.32 Å². The molecule has 0 spiro atoms. The third-order valence-electron chi connectivity index (χ3n) is 2.26. The Morgan fingerprint density at radius 1 is 1.58 bits per heavy atom. The lowest BCUT2D eigenvalue weighted by molar-refractivity contribution is -0.127. The second-order valence-electron chi connectivity index (χ2n) is 4.25. The Hall–Kier alpha value is -1.04. The zero-order valence-corrected chi connectivity index (χ0v) is 7.77. The molecule has 0 bridgehead atoms. The molecule has 0 aromatic heterocycles. The summed E-state index contributed by atoms with van der Waals surface area (Å²) in [7, 11) is 0. The first-order chi connectivity index (χ1) is 5.40. The van der Waals surface area contributed by atoms with Gasteiger partial charge in [0.25, 0.3) is 0 Å². The highest BCUT2D eigenvalue weighted by molar-refractivity contribution is 5.85. The number of hydrogen-bond donors (Lipinski definition) is 1. The number of amides is 1. The van der Waals surface area contributed by atoms with Gasteiger partial charge >= 0.3 is 0 Å². The third-order valence-corrected chi connectivity index (χ3v) is 2.26. The number of nitrogens with one attached hydrogen (secondary N) is 1. The van der Waals surface area contributed by atoms with Gasteiger partial charge < -0.3 is 5.32 Å². The Labute approximate surface area is 72.8 Å². The number of nitrogens with zero attached hydrogens (tertiary/aromatic N) is 1. The molecule has 1 rings (SSSR count). The van der Waals surface area contributed by atoms with Crippen LogP contribution in [0, 0.1) is 16.7 Å². The summed E-state index contributed by atoms with van der Waals surface area (Å²) < 4.78 is 0. The summed E-state index contributed by atoms with van der Waals surface area (Å²) in [4.78, 5) is 11.4. The quantitative estimate of drug-likeness (QED) is 0.670. The molecule has 1 fully saturated rings. The maximum atomic E-state index is 11.4. The van der Waals surface area contributed by atoms with Crippen molar-refractivity contribution < 1.29 is 4.79 Å². The highest BCUT2D eigenvalue weighted by atomic mass is 16.2. The molecule has 0 aromatic rings. The maximum absolute atomic E-state index is 11.4. The lowest BCUT2D eigenvalue weighted by atomic mass is 9.94. The molecule has 1 amide bonds. The number of carbonyl (C=O) groups is 1. The van der Waals surface area contributed by atoms with Crippen molar-refractivity contribution in [3.8, 4) is 6.07 Å². The minimum atomic E-state index is -0.897. The molecular formula is C9H14N2O. The van der Waals surface area contributed by atoms with E-state index in [-0.39, 0.29) is 11.4 Å². The number of nitriles is 1. The molecule has 0 radical (unpaired) electrons. The average Bonchev–Trinajstić information content (AvgIpc) is 2.68. The first-order valence-corrected chi connectivity index (χ1v) is 4.13. The first-order valence-electron chi connectivity index (χ1n) is 4.13. The number of hydrogen-bond acceptors (Lipinski definition) is 2. The van der Waals surface area contributed by atoms with Gasteiger partial charge in [-0.2, -0.15) is 5.26 Å². The van der Waals surface area contributed by atoms with Crippen LogP contribution in [0.25, 0.3) is 0 Å². The molecule has 3 heteroatoms. The van der Waals surface area contributed by atoms with E-state index < -0.39 is 5.41 Å². The van der Waals surface area contributed by atoms with Crippen LogP contribution in [0.4, 0.5) is 0 Å². The molecule has 12 heavy (non-hydrogen) atoms. The second kappa shape index (κ2) is 2.48. The summed E-state index contributed by atoms with van der Waals surface area (Å²) in [5, 5.41) is 11.5. The lowest BCUT2D eigenvalue weighted by Gasteiger charge is -2.18. The molecule has 0 unspecified atom stereocenters. The Morgan fingerprint density at radius 3 is 2.42 bits per heavy atom. The first kappa shape index (κ1) is 9.05. The Balaban J connectivity index is 2.55. The summed E-state index contributed by atoms with van der Waals surface area (Å²) in [6.45, 7) is 5.26. The highest BCUT2D eigenvalue weighted by Crippen LogP contribution is 2.35. The van der Waals surface area contributed by atoms with E-state index in [4.69, 9.17) is 5.26 Å². The molecule has 1 N–H and O–H groups in total. The molecule has 66 valence electrons. The predicted octanol–water partition coefficient (Wildman–Crippen LogP) is 1.20. The number of carbonyl (C=O) groups excluding carboxylic acids is 1. The average molecular weight is 166 g/mol. The van der Waals surface area contributed by atoms with E-state index in [1.807, 2.05) is 13.0 Å². The van der Waals surface area contributed by atoms with Gasteiger partial charge in [-0.3, -0.25) is 4.79 Å². The summed E-state index contributed by atoms with van der Waals surface area (Å²) >= 11 is 0. The van der Waals surface area contributed by atoms with Crippen molar-refractivity contribution in [2.75, 3.05) is 0 Å². The fourth-order valence-electron chi connectivity index (χ4n) is 0.794. The van der Waals surface area contributed by atoms with E-state index in [1.54, 1.807) is 13.8 Å². The normalized spacial score (nSPS) is 19.5. The van der Waals surface area contributed by atoms with Crippen molar-refractivity contribution >= 4 is 5.91 Å². The molecule has 0 aliphatic heterocycles. The van der Waals surface area contributed by atoms with Crippen LogP contribution in [-0.4, -0.2) is 11.4 Å². The van der Waals surface area contributed by atoms with Crippen LogP contribution in [0.3, 0.4) is 0 Å². The third kappa shape index (κ3) is 1.76. The highest BCUT2D eigenvalue weighted by Gasteiger charge is 2.41. The van der Waals surface area contributed by atoms with Gasteiger partial charge in [0.05, 0.1) is 6.07 Å². The van der Waals surface area contributed by atoms with E-state index in [9.17, 15) is 4.79 Å². The standard InChI is InChI=1S/C9H14N2O/c1-8(2,6-10)7(12)11-9(3)4-5-9/h4-5H2,1-3H3,(H,11,12). The van der Waals surface area contributed by atoms with Crippen molar-refractivity contribution in [3.63, 3.8) is 0 Å². The molecule has 0 atom stereocenters. The minimum absolute atomic E-state index is 0.0226. The van der Waals surface area contributed by atoms with Crippen LogP contribution in [-0.2, 0) is 4.79 Å². The van der Waals surface area contributed by atoms with Crippen LogP contribution in [0.5, 0.6) is 0 Å². The Kier molecular flexibility index (Phi) is 1.87. The van der Waals surface area contributed by atoms with Gasteiger partial charge in [-0.15, -0.1) is 0 Å². The largest absolute Gasteiger partial charge is 0.350 e. The summed E-state index contributed by atoms with van der Waals surface area (Å²) in [6.07, 6.45) is 2.06. The minimum Gasteiger partial charge on any atom is -0.350 e. The van der Waals surface area contributed by atoms with Gasteiger partial charge in [0.1, 0.15) is 5.41 Å². The Bertz CT molecular complexity index is 246. The SMILES string of the molecule is CC1(NC(=O)C(C)(C)C#N)CC1. The van der Waals surface area contributed by atoms with Crippen LogP contribution < -0.4 is 5.32 Å². The van der Waals surface area contributed by atoms with Gasteiger partial charge in [0, 0.05) is 5.54 Å². The van der Waals surface area contributed by atoms with Crippen molar-refractivity contribution in [1.29, 1.82) is 5.26 Å². The van der Waals surface area contributed by atoms with Crippen LogP contribution >= 0.6 is 0 Å². The van der Waals surface area contributed by atoms with Gasteiger partial charge in [0.2, 0.25) is 5.91 Å². The van der Waals surface area contributed by atoms with Crippen molar-refractivity contribution in [3.05, 3.63) is 0 Å². The van der Waals surface area contributed by atoms with Crippen LogP contribution in [0.15, 0.2) is 0 Å². The maximum Gasteiger partial charge on any atom is 0.240 e. The van der Waals surface area contributed by atoms with Crippen molar-refractivity contribution in [1.82, 2.24) is 5.32 Å². The summed E-state index contributed by atoms with van der Waals surface area (Å²) in [6, 6.07) is 1.98. The molecule has 1 saturated carbocycles. The predicted molar refractivity (Wildman–Crippen MR) is 45.2 cm³/mol. The monoisotopic (exact) mass is 166 g/mol. The molecule has 1 aliphatic rings. The summed E-state index contributed by atoms with van der Waals surface area (Å²) in [5.74, 6) is -0.162. The molecule has 0 saturated heterocycles. The molecule has 3 nitrogen and oxygen atoms in total. The van der Waals surface area contributed by atoms with Gasteiger partial charge in [0.15, 0.2) is 0 Å². The van der Waals surface area contributed by atoms with Crippen molar-refractivity contribution in [2.24, 2.45) is 5.41 Å². The van der Waals surface area contributed by atoms with E-state index in [0.29, 0.717) is 0 Å². The Morgan fingerprint density at radius 2 is 2.08 bits per heavy atom. The van der Waals surface area contributed by atoms with Gasteiger partial charge in [-0.05, 0) is 33.6 Å². The smallest absolute Gasteiger partial charge is 0.240 e. The zero-order valence-electron chi connectivity index (χ0n) is 7.77. The van der Waals surface area contributed by atoms with E-state index in [1.165, 1.54) is 0 Å². The lowest BCUT2D eigenvalue weighted by Crippen LogP contribution is -2.42. The van der Waals surface area contributed by atoms with Crippen LogP contribution in [0.1, 0.15) is 33.6 Å². The topological polar surface area (TPSA) is 52.9 Å². The number of rotatable bonds is 2. The van der Waals surface area contributed by atoms with Crippen molar-refractivity contribution in [2.45, 2.75) is 39.2 Å². The molecular weight excluding hydrogens is 152 g/mol. The van der Waals surface area contributed by atoms with Gasteiger partial charge in [-0.25, -0.2) is 0 Å². The van der Waals surface area contributed by atoms with E-state index in [0.717, 1.165) is 12.8 Å². The van der Waals surface area contributed by atoms with Crippen LogP contribution in [0.2, 0.25) is 0 Å². The molecule has 0 heterocycles. The van der Waals surface area contributed by atoms with E-state index >= 15 is 0 Å². The molecule has 0 aromatic carbocycles. The fraction of sp³-hybridized carbons (Fsp3) is 0.778. The zero-order chi connectivity index (χ0) is 9.41.